The number of fused-ring (bicyclic) bond motifs is 1. The first-order chi connectivity index (χ1) is 13.4. The molecule has 3 aromatic rings. The topological polar surface area (TPSA) is 83.7 Å². The highest BCUT2D eigenvalue weighted by molar-refractivity contribution is 7.88. The molecule has 0 bridgehead atoms. The quantitative estimate of drug-likeness (QED) is 0.676. The van der Waals surface area contributed by atoms with E-state index in [4.69, 9.17) is 4.42 Å². The molecule has 0 N–H and O–H groups in total. The molecule has 7 nitrogen and oxygen atoms in total. The maximum Gasteiger partial charge on any atom is 0.254 e. The van der Waals surface area contributed by atoms with Crippen LogP contribution in [-0.2, 0) is 10.0 Å². The fourth-order valence-corrected chi connectivity index (χ4v) is 4.38. The third-order valence-corrected chi connectivity index (χ3v) is 6.23. The van der Waals surface area contributed by atoms with Crippen molar-refractivity contribution in [2.75, 3.05) is 32.4 Å². The fourth-order valence-electron chi connectivity index (χ4n) is 3.50. The number of nitrogens with zero attached hydrogens (tertiary/aromatic N) is 3. The Balaban J connectivity index is 1.71. The van der Waals surface area contributed by atoms with Gasteiger partial charge in [-0.3, -0.25) is 4.79 Å². The summed E-state index contributed by atoms with van der Waals surface area (Å²) in [5.41, 5.74) is 1.86. The standard InChI is InChI=1S/C20H21N3O4S/c1-28(25,26)23-10-5-9-22(11-12-23)20(24)16-14-18(19-8-4-13-27-19)21-17-7-3-2-6-15(16)17/h2-4,6-8,13-14H,5,9-12H2,1H3. The van der Waals surface area contributed by atoms with Crippen LogP contribution in [0.4, 0.5) is 0 Å². The highest BCUT2D eigenvalue weighted by atomic mass is 32.2. The lowest BCUT2D eigenvalue weighted by molar-refractivity contribution is 0.0766. The molecule has 0 atom stereocenters. The van der Waals surface area contributed by atoms with E-state index in [0.29, 0.717) is 55.1 Å². The molecule has 1 aromatic carbocycles. The Morgan fingerprint density at radius 3 is 2.64 bits per heavy atom. The van der Waals surface area contributed by atoms with Crippen LogP contribution in [0.1, 0.15) is 16.8 Å². The zero-order valence-corrected chi connectivity index (χ0v) is 16.4. The number of aromatic nitrogens is 1. The average Bonchev–Trinajstić information content (AvgIpc) is 3.09. The molecule has 28 heavy (non-hydrogen) atoms. The highest BCUT2D eigenvalue weighted by Crippen LogP contribution is 2.26. The van der Waals surface area contributed by atoms with E-state index in [-0.39, 0.29) is 5.91 Å². The van der Waals surface area contributed by atoms with E-state index >= 15 is 0 Å². The molecule has 1 aliphatic rings. The summed E-state index contributed by atoms with van der Waals surface area (Å²) >= 11 is 0. The van der Waals surface area contributed by atoms with Crippen LogP contribution < -0.4 is 0 Å². The zero-order valence-electron chi connectivity index (χ0n) is 15.5. The van der Waals surface area contributed by atoms with E-state index < -0.39 is 10.0 Å². The van der Waals surface area contributed by atoms with Crippen LogP contribution >= 0.6 is 0 Å². The number of carbonyl (C=O) groups excluding carboxylic acids is 1. The monoisotopic (exact) mass is 399 g/mol. The molecule has 8 heteroatoms. The van der Waals surface area contributed by atoms with Crippen molar-refractivity contribution < 1.29 is 17.6 Å². The Labute approximate surface area is 163 Å². The van der Waals surface area contributed by atoms with Crippen LogP contribution in [0.15, 0.2) is 53.1 Å². The van der Waals surface area contributed by atoms with Crippen molar-refractivity contribution in [3.63, 3.8) is 0 Å². The highest BCUT2D eigenvalue weighted by Gasteiger charge is 2.26. The smallest absolute Gasteiger partial charge is 0.254 e. The third-order valence-electron chi connectivity index (χ3n) is 4.93. The van der Waals surface area contributed by atoms with Gasteiger partial charge in [0.1, 0.15) is 5.69 Å². The third kappa shape index (κ3) is 3.65. The number of benzene rings is 1. The van der Waals surface area contributed by atoms with Crippen LogP contribution in [-0.4, -0.2) is 60.9 Å². The number of sulfonamides is 1. The second-order valence-electron chi connectivity index (χ2n) is 6.86. The molecule has 0 saturated carbocycles. The van der Waals surface area contributed by atoms with Crippen molar-refractivity contribution in [2.24, 2.45) is 0 Å². The van der Waals surface area contributed by atoms with Gasteiger partial charge in [-0.2, -0.15) is 0 Å². The first-order valence-corrected chi connectivity index (χ1v) is 11.0. The van der Waals surface area contributed by atoms with E-state index in [9.17, 15) is 13.2 Å². The normalized spacial score (nSPS) is 16.2. The molecule has 0 spiro atoms. The number of furan rings is 1. The van der Waals surface area contributed by atoms with Gasteiger partial charge >= 0.3 is 0 Å². The lowest BCUT2D eigenvalue weighted by Gasteiger charge is -2.22. The summed E-state index contributed by atoms with van der Waals surface area (Å²) in [6, 6.07) is 12.8. The van der Waals surface area contributed by atoms with E-state index in [1.54, 1.807) is 29.4 Å². The number of carbonyl (C=O) groups is 1. The molecular weight excluding hydrogens is 378 g/mol. The van der Waals surface area contributed by atoms with Gasteiger partial charge in [-0.15, -0.1) is 0 Å². The Hall–Kier alpha value is -2.71. The number of hydrogen-bond acceptors (Lipinski definition) is 5. The predicted octanol–water partition coefficient (Wildman–Crippen LogP) is 2.60. The van der Waals surface area contributed by atoms with Crippen molar-refractivity contribution in [2.45, 2.75) is 6.42 Å². The van der Waals surface area contributed by atoms with Gasteiger partial charge in [-0.25, -0.2) is 17.7 Å². The molecule has 1 amide bonds. The van der Waals surface area contributed by atoms with Crippen LogP contribution in [0.25, 0.3) is 22.4 Å². The average molecular weight is 399 g/mol. The van der Waals surface area contributed by atoms with E-state index in [1.165, 1.54) is 10.6 Å². The lowest BCUT2D eigenvalue weighted by atomic mass is 10.1. The van der Waals surface area contributed by atoms with Gasteiger partial charge in [0.2, 0.25) is 10.0 Å². The molecular formula is C20H21N3O4S. The summed E-state index contributed by atoms with van der Waals surface area (Å²) in [4.78, 5) is 19.7. The number of pyridine rings is 1. The molecule has 3 heterocycles. The molecule has 0 aliphatic carbocycles. The maximum atomic E-state index is 13.3. The van der Waals surface area contributed by atoms with Gasteiger partial charge in [-0.1, -0.05) is 18.2 Å². The minimum atomic E-state index is -3.26. The van der Waals surface area contributed by atoms with Gasteiger partial charge in [0.05, 0.1) is 23.6 Å². The molecule has 0 radical (unpaired) electrons. The molecule has 1 aliphatic heterocycles. The van der Waals surface area contributed by atoms with Crippen molar-refractivity contribution in [3.05, 3.63) is 54.3 Å². The Kier molecular flexibility index (Phi) is 4.91. The second-order valence-corrected chi connectivity index (χ2v) is 8.84. The summed E-state index contributed by atoms with van der Waals surface area (Å²) in [5, 5.41) is 0.770. The van der Waals surface area contributed by atoms with Gasteiger partial charge in [0.25, 0.3) is 5.91 Å². The van der Waals surface area contributed by atoms with Crippen molar-refractivity contribution in [1.29, 1.82) is 0 Å². The molecule has 2 aromatic heterocycles. The summed E-state index contributed by atoms with van der Waals surface area (Å²) in [6.45, 7) is 1.60. The molecule has 146 valence electrons. The van der Waals surface area contributed by atoms with E-state index in [0.717, 1.165) is 5.39 Å². The Bertz CT molecular complexity index is 1110. The minimum absolute atomic E-state index is 0.123. The van der Waals surface area contributed by atoms with E-state index in [2.05, 4.69) is 4.98 Å². The molecule has 1 fully saturated rings. The first-order valence-electron chi connectivity index (χ1n) is 9.11. The van der Waals surface area contributed by atoms with Gasteiger partial charge in [0.15, 0.2) is 5.76 Å². The van der Waals surface area contributed by atoms with Crippen LogP contribution in [0.2, 0.25) is 0 Å². The summed E-state index contributed by atoms with van der Waals surface area (Å²) in [6.07, 6.45) is 3.38. The van der Waals surface area contributed by atoms with Crippen molar-refractivity contribution in [1.82, 2.24) is 14.2 Å². The van der Waals surface area contributed by atoms with Crippen LogP contribution in [0.3, 0.4) is 0 Å². The lowest BCUT2D eigenvalue weighted by Crippen LogP contribution is -2.37. The summed E-state index contributed by atoms with van der Waals surface area (Å²) < 4.78 is 30.6. The largest absolute Gasteiger partial charge is 0.463 e. The number of hydrogen-bond donors (Lipinski definition) is 0. The second kappa shape index (κ2) is 7.37. The number of amides is 1. The van der Waals surface area contributed by atoms with Gasteiger partial charge < -0.3 is 9.32 Å². The minimum Gasteiger partial charge on any atom is -0.463 e. The SMILES string of the molecule is CS(=O)(=O)N1CCCN(C(=O)c2cc(-c3ccco3)nc3ccccc23)CC1. The van der Waals surface area contributed by atoms with Crippen molar-refractivity contribution >= 4 is 26.8 Å². The predicted molar refractivity (Wildman–Crippen MR) is 106 cm³/mol. The Morgan fingerprint density at radius 1 is 1.07 bits per heavy atom. The van der Waals surface area contributed by atoms with Gasteiger partial charge in [-0.05, 0) is 30.7 Å². The van der Waals surface area contributed by atoms with Crippen LogP contribution in [0, 0.1) is 0 Å². The summed E-state index contributed by atoms with van der Waals surface area (Å²) in [5.74, 6) is 0.473. The van der Waals surface area contributed by atoms with E-state index in [1.807, 2.05) is 24.3 Å². The summed E-state index contributed by atoms with van der Waals surface area (Å²) in [7, 11) is -3.26. The molecule has 4 rings (SSSR count). The number of rotatable bonds is 3. The Morgan fingerprint density at radius 2 is 1.89 bits per heavy atom. The maximum absolute atomic E-state index is 13.3. The van der Waals surface area contributed by atoms with Crippen molar-refractivity contribution in [3.8, 4) is 11.5 Å². The number of para-hydroxylation sites is 1. The van der Waals surface area contributed by atoms with Gasteiger partial charge in [0, 0.05) is 31.6 Å². The fraction of sp³-hybridized carbons (Fsp3) is 0.300. The zero-order chi connectivity index (χ0) is 19.7. The molecule has 1 saturated heterocycles. The van der Waals surface area contributed by atoms with Crippen LogP contribution in [0.5, 0.6) is 0 Å². The first kappa shape index (κ1) is 18.6. The molecule has 0 unspecified atom stereocenters.